The monoisotopic (exact) mass is 355 g/mol. The molecule has 0 aromatic heterocycles. The van der Waals surface area contributed by atoms with E-state index in [9.17, 15) is 13.2 Å². The number of aryl methyl sites for hydroxylation is 2. The molecule has 0 amide bonds. The van der Waals surface area contributed by atoms with Gasteiger partial charge in [-0.3, -0.25) is 0 Å². The Morgan fingerprint density at radius 3 is 2.38 bits per heavy atom. The first-order chi connectivity index (χ1) is 12.4. The highest BCUT2D eigenvalue weighted by molar-refractivity contribution is 5.66. The Hall–Kier alpha value is -2.75. The van der Waals surface area contributed by atoms with Crippen molar-refractivity contribution in [3.05, 3.63) is 88.2 Å². The summed E-state index contributed by atoms with van der Waals surface area (Å²) in [5.74, 6) is -1.22. The molecule has 0 aliphatic carbocycles. The quantitative estimate of drug-likeness (QED) is 0.578. The Balaban J connectivity index is 1.96. The predicted octanol–water partition coefficient (Wildman–Crippen LogP) is 6.31. The Labute approximate surface area is 151 Å². The molecule has 26 heavy (non-hydrogen) atoms. The lowest BCUT2D eigenvalue weighted by Crippen LogP contribution is -2.07. The smallest absolute Gasteiger partial charge is 0.146 e. The molecule has 3 rings (SSSR count). The molecule has 1 N–H and O–H groups in total. The summed E-state index contributed by atoms with van der Waals surface area (Å²) in [5.41, 5.74) is 4.20. The molecule has 0 aliphatic heterocycles. The van der Waals surface area contributed by atoms with Crippen molar-refractivity contribution in [3.63, 3.8) is 0 Å². The van der Waals surface area contributed by atoms with Crippen LogP contribution >= 0.6 is 0 Å². The fraction of sp³-hybridized carbons (Fsp3) is 0.182. The molecule has 3 aromatic rings. The highest BCUT2D eigenvalue weighted by atomic mass is 19.1. The average molecular weight is 355 g/mol. The molecule has 0 saturated carbocycles. The second kappa shape index (κ2) is 7.24. The van der Waals surface area contributed by atoms with E-state index in [0.717, 1.165) is 16.7 Å². The van der Waals surface area contributed by atoms with Gasteiger partial charge >= 0.3 is 0 Å². The van der Waals surface area contributed by atoms with Crippen LogP contribution in [0.2, 0.25) is 0 Å². The SMILES string of the molecule is Cc1cc(CNc2c(F)ccc(C)c2C)c(F)c(-c2cccc(F)c2)c1. The van der Waals surface area contributed by atoms with Gasteiger partial charge in [-0.05, 0) is 67.3 Å². The van der Waals surface area contributed by atoms with Gasteiger partial charge in [0.2, 0.25) is 0 Å². The van der Waals surface area contributed by atoms with Crippen LogP contribution < -0.4 is 5.32 Å². The molecule has 0 spiro atoms. The van der Waals surface area contributed by atoms with Crippen LogP contribution in [0.15, 0.2) is 48.5 Å². The van der Waals surface area contributed by atoms with E-state index in [0.29, 0.717) is 22.4 Å². The molecule has 0 unspecified atom stereocenters. The number of hydrogen-bond donors (Lipinski definition) is 1. The summed E-state index contributed by atoms with van der Waals surface area (Å²) < 4.78 is 42.6. The molecular formula is C22H20F3N. The molecule has 0 atom stereocenters. The lowest BCUT2D eigenvalue weighted by atomic mass is 9.99. The molecular weight excluding hydrogens is 335 g/mol. The van der Waals surface area contributed by atoms with Crippen LogP contribution in [-0.4, -0.2) is 0 Å². The minimum absolute atomic E-state index is 0.136. The minimum Gasteiger partial charge on any atom is -0.378 e. The summed E-state index contributed by atoms with van der Waals surface area (Å²) in [4.78, 5) is 0. The molecule has 1 nitrogen and oxygen atoms in total. The Kier molecular flexibility index (Phi) is 5.03. The zero-order chi connectivity index (χ0) is 18.8. The van der Waals surface area contributed by atoms with Crippen LogP contribution in [0.4, 0.5) is 18.9 Å². The second-order valence-corrected chi connectivity index (χ2v) is 6.51. The highest BCUT2D eigenvalue weighted by Gasteiger charge is 2.14. The standard InChI is InChI=1S/C22H20F3N/c1-13-9-17(12-26-22-15(3)14(2)7-8-20(22)24)21(25)19(10-13)16-5-4-6-18(23)11-16/h4-11,26H,12H2,1-3H3. The normalized spacial score (nSPS) is 10.8. The van der Waals surface area contributed by atoms with Gasteiger partial charge in [0.25, 0.3) is 0 Å². The first-order valence-electron chi connectivity index (χ1n) is 8.41. The minimum atomic E-state index is -0.431. The van der Waals surface area contributed by atoms with Crippen LogP contribution in [-0.2, 0) is 6.54 Å². The Morgan fingerprint density at radius 1 is 0.885 bits per heavy atom. The molecule has 0 heterocycles. The van der Waals surface area contributed by atoms with Crippen LogP contribution in [0, 0.1) is 38.2 Å². The number of hydrogen-bond acceptors (Lipinski definition) is 1. The van der Waals surface area contributed by atoms with Gasteiger partial charge in [-0.15, -0.1) is 0 Å². The van der Waals surface area contributed by atoms with E-state index >= 15 is 0 Å². The van der Waals surface area contributed by atoms with Crippen molar-refractivity contribution in [2.75, 3.05) is 5.32 Å². The van der Waals surface area contributed by atoms with Crippen LogP contribution in [0.1, 0.15) is 22.3 Å². The zero-order valence-electron chi connectivity index (χ0n) is 15.0. The molecule has 0 radical (unpaired) electrons. The maximum absolute atomic E-state index is 15.0. The molecule has 134 valence electrons. The van der Waals surface area contributed by atoms with Crippen molar-refractivity contribution >= 4 is 5.69 Å². The molecule has 0 saturated heterocycles. The summed E-state index contributed by atoms with van der Waals surface area (Å²) >= 11 is 0. The summed E-state index contributed by atoms with van der Waals surface area (Å²) in [6.45, 7) is 5.71. The fourth-order valence-corrected chi connectivity index (χ4v) is 3.02. The Bertz CT molecular complexity index is 964. The largest absolute Gasteiger partial charge is 0.378 e. The number of anilines is 1. The van der Waals surface area contributed by atoms with E-state index < -0.39 is 11.6 Å². The molecule has 0 bridgehead atoms. The van der Waals surface area contributed by atoms with E-state index in [1.807, 2.05) is 20.8 Å². The van der Waals surface area contributed by atoms with E-state index in [4.69, 9.17) is 0 Å². The highest BCUT2D eigenvalue weighted by Crippen LogP contribution is 2.29. The van der Waals surface area contributed by atoms with E-state index in [1.54, 1.807) is 30.3 Å². The van der Waals surface area contributed by atoms with Crippen molar-refractivity contribution in [1.82, 2.24) is 0 Å². The lowest BCUT2D eigenvalue weighted by molar-refractivity contribution is 0.611. The van der Waals surface area contributed by atoms with Gasteiger partial charge in [0, 0.05) is 17.7 Å². The number of benzene rings is 3. The van der Waals surface area contributed by atoms with Crippen molar-refractivity contribution in [2.45, 2.75) is 27.3 Å². The first kappa shape index (κ1) is 18.1. The van der Waals surface area contributed by atoms with Gasteiger partial charge < -0.3 is 5.32 Å². The molecule has 0 fully saturated rings. The van der Waals surface area contributed by atoms with Gasteiger partial charge in [0.15, 0.2) is 0 Å². The van der Waals surface area contributed by atoms with Gasteiger partial charge in [0.1, 0.15) is 17.5 Å². The van der Waals surface area contributed by atoms with Gasteiger partial charge in [-0.1, -0.05) is 24.3 Å². The van der Waals surface area contributed by atoms with Crippen LogP contribution in [0.25, 0.3) is 11.1 Å². The molecule has 3 aromatic carbocycles. The van der Waals surface area contributed by atoms with E-state index in [1.165, 1.54) is 18.2 Å². The third kappa shape index (κ3) is 3.59. The topological polar surface area (TPSA) is 12.0 Å². The molecule has 4 heteroatoms. The molecule has 0 aliphatic rings. The third-order valence-electron chi connectivity index (χ3n) is 4.57. The summed E-state index contributed by atoms with van der Waals surface area (Å²) in [5, 5.41) is 3.01. The van der Waals surface area contributed by atoms with Crippen LogP contribution in [0.3, 0.4) is 0 Å². The van der Waals surface area contributed by atoms with Crippen molar-refractivity contribution < 1.29 is 13.2 Å². The summed E-state index contributed by atoms with van der Waals surface area (Å²) in [6, 6.07) is 12.4. The van der Waals surface area contributed by atoms with Crippen molar-refractivity contribution in [3.8, 4) is 11.1 Å². The van der Waals surface area contributed by atoms with E-state index in [-0.39, 0.29) is 12.4 Å². The first-order valence-corrected chi connectivity index (χ1v) is 8.41. The van der Waals surface area contributed by atoms with Crippen molar-refractivity contribution in [2.24, 2.45) is 0 Å². The maximum atomic E-state index is 15.0. The summed E-state index contributed by atoms with van der Waals surface area (Å²) in [6.07, 6.45) is 0. The fourth-order valence-electron chi connectivity index (χ4n) is 3.02. The number of nitrogens with one attached hydrogen (secondary N) is 1. The van der Waals surface area contributed by atoms with Crippen LogP contribution in [0.5, 0.6) is 0 Å². The Morgan fingerprint density at radius 2 is 1.65 bits per heavy atom. The maximum Gasteiger partial charge on any atom is 0.146 e. The van der Waals surface area contributed by atoms with Gasteiger partial charge in [0.05, 0.1) is 5.69 Å². The second-order valence-electron chi connectivity index (χ2n) is 6.51. The predicted molar refractivity (Wildman–Crippen MR) is 99.7 cm³/mol. The van der Waals surface area contributed by atoms with Gasteiger partial charge in [-0.2, -0.15) is 0 Å². The zero-order valence-corrected chi connectivity index (χ0v) is 15.0. The lowest BCUT2D eigenvalue weighted by Gasteiger charge is -2.15. The number of halogens is 3. The summed E-state index contributed by atoms with van der Waals surface area (Å²) in [7, 11) is 0. The van der Waals surface area contributed by atoms with Gasteiger partial charge in [-0.25, -0.2) is 13.2 Å². The third-order valence-corrected chi connectivity index (χ3v) is 4.57. The van der Waals surface area contributed by atoms with Crippen molar-refractivity contribution in [1.29, 1.82) is 0 Å². The number of rotatable bonds is 4. The van der Waals surface area contributed by atoms with E-state index in [2.05, 4.69) is 5.32 Å². The average Bonchev–Trinajstić information content (AvgIpc) is 2.60.